The Balaban J connectivity index is 1.84. The van der Waals surface area contributed by atoms with Crippen LogP contribution in [-0.4, -0.2) is 6.10 Å². The molecule has 1 saturated carbocycles. The van der Waals surface area contributed by atoms with Gasteiger partial charge >= 0.3 is 0 Å². The Morgan fingerprint density at radius 2 is 1.90 bits per heavy atom. The average Bonchev–Trinajstić information content (AvgIpc) is 3.25. The van der Waals surface area contributed by atoms with E-state index >= 15 is 0 Å². The summed E-state index contributed by atoms with van der Waals surface area (Å²) in [6, 6.07) is 13.6. The van der Waals surface area contributed by atoms with Gasteiger partial charge in [0.05, 0.1) is 17.2 Å². The molecule has 0 radical (unpaired) electrons. The fraction of sp³-hybridized carbons (Fsp3) is 0.250. The predicted molar refractivity (Wildman–Crippen MR) is 85.3 cm³/mol. The van der Waals surface area contributed by atoms with E-state index in [1.54, 1.807) is 0 Å². The van der Waals surface area contributed by atoms with E-state index < -0.39 is 0 Å². The maximum Gasteiger partial charge on any atom is 0.120 e. The van der Waals surface area contributed by atoms with Gasteiger partial charge in [0.25, 0.3) is 0 Å². The fourth-order valence-corrected chi connectivity index (χ4v) is 2.57. The van der Waals surface area contributed by atoms with Crippen molar-refractivity contribution in [3.05, 3.63) is 63.1 Å². The van der Waals surface area contributed by atoms with Gasteiger partial charge in [-0.3, -0.25) is 0 Å². The lowest BCUT2D eigenvalue weighted by atomic mass is 9.99. The van der Waals surface area contributed by atoms with Crippen molar-refractivity contribution in [3.8, 4) is 5.75 Å². The topological polar surface area (TPSA) is 35.2 Å². The molecule has 1 aliphatic carbocycles. The molecule has 2 nitrogen and oxygen atoms in total. The van der Waals surface area contributed by atoms with Gasteiger partial charge in [0.1, 0.15) is 5.75 Å². The van der Waals surface area contributed by atoms with E-state index in [-0.39, 0.29) is 6.04 Å². The zero-order valence-corrected chi connectivity index (χ0v) is 13.2. The Morgan fingerprint density at radius 3 is 2.60 bits per heavy atom. The van der Waals surface area contributed by atoms with Crippen molar-refractivity contribution in [3.63, 3.8) is 0 Å². The summed E-state index contributed by atoms with van der Waals surface area (Å²) in [6.45, 7) is 0. The molecule has 1 atom stereocenters. The van der Waals surface area contributed by atoms with Crippen LogP contribution in [0, 0.1) is 0 Å². The monoisotopic (exact) mass is 351 g/mol. The van der Waals surface area contributed by atoms with E-state index in [2.05, 4.69) is 15.9 Å². The molecule has 0 heterocycles. The van der Waals surface area contributed by atoms with E-state index in [9.17, 15) is 0 Å². The number of benzene rings is 2. The first-order valence-electron chi connectivity index (χ1n) is 6.60. The molecule has 0 saturated heterocycles. The van der Waals surface area contributed by atoms with Crippen LogP contribution in [0.4, 0.5) is 0 Å². The molecule has 104 valence electrons. The highest BCUT2D eigenvalue weighted by atomic mass is 79.9. The van der Waals surface area contributed by atoms with Gasteiger partial charge in [0.15, 0.2) is 0 Å². The second kappa shape index (κ2) is 5.76. The SMILES string of the molecule is NC(c1cccc(OC2CC2)c1)c1ccc(Cl)c(Br)c1. The molecule has 4 heteroatoms. The third-order valence-corrected chi connectivity index (χ3v) is 4.56. The lowest BCUT2D eigenvalue weighted by Crippen LogP contribution is -2.12. The first kappa shape index (κ1) is 13.9. The molecule has 1 fully saturated rings. The van der Waals surface area contributed by atoms with Crippen molar-refractivity contribution in [1.29, 1.82) is 0 Å². The molecule has 2 aromatic carbocycles. The van der Waals surface area contributed by atoms with Gasteiger partial charge in [0, 0.05) is 4.47 Å². The maximum atomic E-state index is 6.33. The van der Waals surface area contributed by atoms with Gasteiger partial charge in [-0.2, -0.15) is 0 Å². The summed E-state index contributed by atoms with van der Waals surface area (Å²) < 4.78 is 6.67. The summed E-state index contributed by atoms with van der Waals surface area (Å²) in [4.78, 5) is 0. The minimum Gasteiger partial charge on any atom is -0.490 e. The van der Waals surface area contributed by atoms with E-state index in [1.807, 2.05) is 42.5 Å². The minimum atomic E-state index is -0.189. The van der Waals surface area contributed by atoms with Crippen LogP contribution in [0.5, 0.6) is 5.75 Å². The second-order valence-corrected chi connectivity index (χ2v) is 6.30. The van der Waals surface area contributed by atoms with E-state index in [4.69, 9.17) is 22.1 Å². The van der Waals surface area contributed by atoms with Crippen molar-refractivity contribution in [1.82, 2.24) is 0 Å². The Morgan fingerprint density at radius 1 is 1.15 bits per heavy atom. The van der Waals surface area contributed by atoms with Crippen LogP contribution in [0.1, 0.15) is 30.0 Å². The number of hydrogen-bond acceptors (Lipinski definition) is 2. The fourth-order valence-electron chi connectivity index (χ4n) is 2.06. The molecule has 2 N–H and O–H groups in total. The molecule has 3 rings (SSSR count). The molecule has 0 aromatic heterocycles. The standard InChI is InChI=1S/C16H15BrClNO/c17-14-9-11(4-7-15(14)18)16(19)10-2-1-3-13(8-10)20-12-5-6-12/h1-4,7-9,12,16H,5-6,19H2. The normalized spacial score (nSPS) is 15.9. The number of ether oxygens (including phenoxy) is 1. The Kier molecular flexibility index (Phi) is 4.01. The van der Waals surface area contributed by atoms with E-state index in [0.717, 1.165) is 34.2 Å². The highest BCUT2D eigenvalue weighted by molar-refractivity contribution is 9.10. The molecule has 1 unspecified atom stereocenters. The molecule has 1 aliphatic rings. The molecule has 0 aliphatic heterocycles. The smallest absolute Gasteiger partial charge is 0.120 e. The third-order valence-electron chi connectivity index (χ3n) is 3.35. The Bertz CT molecular complexity index is 628. The van der Waals surface area contributed by atoms with Gasteiger partial charge in [-0.25, -0.2) is 0 Å². The van der Waals surface area contributed by atoms with Crippen LogP contribution in [-0.2, 0) is 0 Å². The summed E-state index contributed by atoms with van der Waals surface area (Å²) >= 11 is 9.44. The van der Waals surface area contributed by atoms with Crippen molar-refractivity contribution < 1.29 is 4.74 Å². The number of halogens is 2. The minimum absolute atomic E-state index is 0.189. The van der Waals surface area contributed by atoms with Crippen LogP contribution in [0.25, 0.3) is 0 Å². The summed E-state index contributed by atoms with van der Waals surface area (Å²) in [5, 5.41) is 0.687. The summed E-state index contributed by atoms with van der Waals surface area (Å²) in [5.74, 6) is 0.897. The lowest BCUT2D eigenvalue weighted by molar-refractivity contribution is 0.303. The van der Waals surface area contributed by atoms with Gasteiger partial charge in [-0.1, -0.05) is 29.8 Å². The van der Waals surface area contributed by atoms with Crippen molar-refractivity contribution >= 4 is 27.5 Å². The van der Waals surface area contributed by atoms with Gasteiger partial charge in [-0.15, -0.1) is 0 Å². The van der Waals surface area contributed by atoms with Gasteiger partial charge in [0.2, 0.25) is 0 Å². The second-order valence-electron chi connectivity index (χ2n) is 5.04. The zero-order chi connectivity index (χ0) is 14.1. The zero-order valence-electron chi connectivity index (χ0n) is 10.9. The van der Waals surface area contributed by atoms with Crippen LogP contribution in [0.15, 0.2) is 46.9 Å². The maximum absolute atomic E-state index is 6.33. The molecule has 2 aromatic rings. The van der Waals surface area contributed by atoms with Crippen molar-refractivity contribution in [2.45, 2.75) is 25.0 Å². The molecule has 0 bridgehead atoms. The largest absolute Gasteiger partial charge is 0.490 e. The third kappa shape index (κ3) is 3.17. The predicted octanol–water partition coefficient (Wildman–Crippen LogP) is 4.69. The molecule has 20 heavy (non-hydrogen) atoms. The van der Waals surface area contributed by atoms with Crippen LogP contribution in [0.3, 0.4) is 0 Å². The molecular weight excluding hydrogens is 338 g/mol. The summed E-state index contributed by atoms with van der Waals surface area (Å²) in [6.07, 6.45) is 2.70. The molecular formula is C16H15BrClNO. The number of rotatable bonds is 4. The lowest BCUT2D eigenvalue weighted by Gasteiger charge is -2.15. The summed E-state index contributed by atoms with van der Waals surface area (Å²) in [5.41, 5.74) is 8.39. The van der Waals surface area contributed by atoms with Gasteiger partial charge in [-0.05, 0) is 64.2 Å². The van der Waals surface area contributed by atoms with Crippen molar-refractivity contribution in [2.24, 2.45) is 5.73 Å². The van der Waals surface area contributed by atoms with Gasteiger partial charge < -0.3 is 10.5 Å². The summed E-state index contributed by atoms with van der Waals surface area (Å²) in [7, 11) is 0. The quantitative estimate of drug-likeness (QED) is 0.866. The highest BCUT2D eigenvalue weighted by Crippen LogP contribution is 2.31. The first-order chi connectivity index (χ1) is 9.63. The molecule has 0 spiro atoms. The van der Waals surface area contributed by atoms with E-state index in [1.165, 1.54) is 0 Å². The van der Waals surface area contributed by atoms with Crippen LogP contribution >= 0.6 is 27.5 Å². The number of hydrogen-bond donors (Lipinski definition) is 1. The van der Waals surface area contributed by atoms with Crippen LogP contribution < -0.4 is 10.5 Å². The Labute approximate surface area is 132 Å². The van der Waals surface area contributed by atoms with Crippen molar-refractivity contribution in [2.75, 3.05) is 0 Å². The Hall–Kier alpha value is -1.03. The van der Waals surface area contributed by atoms with Crippen LogP contribution in [0.2, 0.25) is 5.02 Å². The van der Waals surface area contributed by atoms with E-state index in [0.29, 0.717) is 11.1 Å². The highest BCUT2D eigenvalue weighted by Gasteiger charge is 2.23. The number of nitrogens with two attached hydrogens (primary N) is 1. The molecule has 0 amide bonds. The first-order valence-corrected chi connectivity index (χ1v) is 7.78. The average molecular weight is 353 g/mol.